The van der Waals surface area contributed by atoms with E-state index in [2.05, 4.69) is 0 Å². The summed E-state index contributed by atoms with van der Waals surface area (Å²) in [6.45, 7) is 4.82. The average Bonchev–Trinajstić information content (AvgIpc) is 3.30. The summed E-state index contributed by atoms with van der Waals surface area (Å²) in [6, 6.07) is 19.5. The van der Waals surface area contributed by atoms with Crippen molar-refractivity contribution in [2.75, 3.05) is 7.05 Å². The van der Waals surface area contributed by atoms with Gasteiger partial charge in [-0.05, 0) is 50.2 Å². The number of benzene rings is 2. The summed E-state index contributed by atoms with van der Waals surface area (Å²) in [4.78, 5) is 19.3. The summed E-state index contributed by atoms with van der Waals surface area (Å²) in [7, 11) is 1.78. The van der Waals surface area contributed by atoms with Crippen LogP contribution in [0.2, 0.25) is 0 Å². The van der Waals surface area contributed by atoms with E-state index in [-0.39, 0.29) is 19.1 Å². The van der Waals surface area contributed by atoms with Gasteiger partial charge in [0.1, 0.15) is 36.2 Å². The molecule has 2 aromatic carbocycles. The number of rotatable bonds is 7. The number of aryl methyl sites for hydroxylation is 2. The molecule has 6 nitrogen and oxygen atoms in total. The van der Waals surface area contributed by atoms with Crippen molar-refractivity contribution in [3.05, 3.63) is 83.6 Å². The molecule has 4 rings (SSSR count). The van der Waals surface area contributed by atoms with Crippen molar-refractivity contribution in [1.82, 2.24) is 14.5 Å². The maximum absolute atomic E-state index is 12.9. The maximum atomic E-state index is 12.9. The topological polar surface area (TPSA) is 60.5 Å². The zero-order valence-corrected chi connectivity index (χ0v) is 17.5. The van der Waals surface area contributed by atoms with Crippen LogP contribution in [-0.2, 0) is 24.5 Å². The van der Waals surface area contributed by atoms with E-state index in [4.69, 9.17) is 14.1 Å². The number of hydrogen-bond acceptors (Lipinski definition) is 4. The molecule has 0 bridgehead atoms. The molecule has 4 aromatic rings. The highest BCUT2D eigenvalue weighted by atomic mass is 16.5. The molecule has 2 heterocycles. The fraction of sp³-hybridized carbons (Fsp3) is 0.250. The SMILES string of the molecule is Cc1ccc(OCc2nc3ccccc3n2CC(=O)N(C)Cc2ccc(C)o2)cc1. The van der Waals surface area contributed by atoms with Crippen molar-refractivity contribution in [2.45, 2.75) is 33.5 Å². The highest BCUT2D eigenvalue weighted by molar-refractivity contribution is 5.81. The molecule has 1 amide bonds. The molecule has 2 aromatic heterocycles. The van der Waals surface area contributed by atoms with Crippen LogP contribution in [0.5, 0.6) is 5.75 Å². The Morgan fingerprint density at radius 2 is 1.83 bits per heavy atom. The van der Waals surface area contributed by atoms with Gasteiger partial charge in [0.15, 0.2) is 0 Å². The molecule has 0 fully saturated rings. The van der Waals surface area contributed by atoms with Crippen LogP contribution in [0.1, 0.15) is 22.9 Å². The lowest BCUT2D eigenvalue weighted by molar-refractivity contribution is -0.131. The van der Waals surface area contributed by atoms with Crippen molar-refractivity contribution in [2.24, 2.45) is 0 Å². The van der Waals surface area contributed by atoms with Crippen LogP contribution in [0.4, 0.5) is 0 Å². The molecule has 0 saturated carbocycles. The molecule has 0 atom stereocenters. The molecule has 0 aliphatic rings. The summed E-state index contributed by atoms with van der Waals surface area (Å²) in [6.07, 6.45) is 0. The van der Waals surface area contributed by atoms with Crippen LogP contribution >= 0.6 is 0 Å². The minimum atomic E-state index is -0.0243. The number of furan rings is 1. The summed E-state index contributed by atoms with van der Waals surface area (Å²) in [5.74, 6) is 3.07. The molecule has 154 valence electrons. The molecule has 6 heteroatoms. The van der Waals surface area contributed by atoms with Crippen molar-refractivity contribution < 1.29 is 13.9 Å². The third kappa shape index (κ3) is 4.38. The number of aromatic nitrogens is 2. The van der Waals surface area contributed by atoms with Crippen molar-refractivity contribution in [3.63, 3.8) is 0 Å². The van der Waals surface area contributed by atoms with E-state index in [1.807, 2.05) is 79.1 Å². The first kappa shape index (κ1) is 19.8. The molecule has 0 spiro atoms. The second-order valence-corrected chi connectivity index (χ2v) is 7.47. The molecule has 30 heavy (non-hydrogen) atoms. The van der Waals surface area contributed by atoms with E-state index >= 15 is 0 Å². The molecule has 0 radical (unpaired) electrons. The van der Waals surface area contributed by atoms with Crippen LogP contribution in [0.15, 0.2) is 65.1 Å². The summed E-state index contributed by atoms with van der Waals surface area (Å²) in [5, 5.41) is 0. The number of likely N-dealkylation sites (N-methyl/N-ethyl adjacent to an activating group) is 1. The minimum absolute atomic E-state index is 0.0243. The third-order valence-electron chi connectivity index (χ3n) is 5.03. The first-order valence-electron chi connectivity index (χ1n) is 9.92. The van der Waals surface area contributed by atoms with Crippen molar-refractivity contribution in [1.29, 1.82) is 0 Å². The van der Waals surface area contributed by atoms with E-state index in [9.17, 15) is 4.79 Å². The van der Waals surface area contributed by atoms with Gasteiger partial charge in [0.2, 0.25) is 5.91 Å². The number of carbonyl (C=O) groups excluding carboxylic acids is 1. The minimum Gasteiger partial charge on any atom is -0.486 e. The number of hydrogen-bond donors (Lipinski definition) is 0. The van der Waals surface area contributed by atoms with Gasteiger partial charge in [0.25, 0.3) is 0 Å². The van der Waals surface area contributed by atoms with Gasteiger partial charge in [-0.3, -0.25) is 4.79 Å². The van der Waals surface area contributed by atoms with Crippen LogP contribution in [0.25, 0.3) is 11.0 Å². The van der Waals surface area contributed by atoms with E-state index in [0.29, 0.717) is 12.4 Å². The standard InChI is InChI=1S/C24H25N3O3/c1-17-8-11-19(12-9-17)29-16-23-25-21-6-4-5-7-22(21)27(23)15-24(28)26(3)14-20-13-10-18(2)30-20/h4-13H,14-16H2,1-3H3. The number of amides is 1. The van der Waals surface area contributed by atoms with Crippen molar-refractivity contribution >= 4 is 16.9 Å². The molecule has 0 unspecified atom stereocenters. The predicted molar refractivity (Wildman–Crippen MR) is 115 cm³/mol. The van der Waals surface area contributed by atoms with Gasteiger partial charge in [-0.1, -0.05) is 29.8 Å². The molecule has 0 aliphatic heterocycles. The Hall–Kier alpha value is -3.54. The Balaban J connectivity index is 1.53. The fourth-order valence-electron chi connectivity index (χ4n) is 3.34. The molecule has 0 N–H and O–H groups in total. The van der Waals surface area contributed by atoms with Gasteiger partial charge in [-0.2, -0.15) is 0 Å². The lowest BCUT2D eigenvalue weighted by Crippen LogP contribution is -2.30. The zero-order valence-electron chi connectivity index (χ0n) is 17.5. The van der Waals surface area contributed by atoms with Crippen LogP contribution in [0.3, 0.4) is 0 Å². The van der Waals surface area contributed by atoms with Crippen LogP contribution < -0.4 is 4.74 Å². The maximum Gasteiger partial charge on any atom is 0.242 e. The Labute approximate surface area is 175 Å². The van der Waals surface area contributed by atoms with Gasteiger partial charge >= 0.3 is 0 Å². The Morgan fingerprint density at radius 3 is 2.57 bits per heavy atom. The van der Waals surface area contributed by atoms with E-state index in [1.54, 1.807) is 11.9 Å². The number of carbonyl (C=O) groups is 1. The van der Waals surface area contributed by atoms with Crippen LogP contribution in [-0.4, -0.2) is 27.4 Å². The monoisotopic (exact) mass is 403 g/mol. The average molecular weight is 403 g/mol. The molecule has 0 aliphatic carbocycles. The van der Waals surface area contributed by atoms with Gasteiger partial charge < -0.3 is 18.6 Å². The summed E-state index contributed by atoms with van der Waals surface area (Å²) in [5.41, 5.74) is 2.93. The van der Waals surface area contributed by atoms with Gasteiger partial charge in [0.05, 0.1) is 17.6 Å². The second kappa shape index (κ2) is 8.45. The van der Waals surface area contributed by atoms with Crippen LogP contribution in [0, 0.1) is 13.8 Å². The fourth-order valence-corrected chi connectivity index (χ4v) is 3.34. The number of para-hydroxylation sites is 2. The van der Waals surface area contributed by atoms with E-state index in [1.165, 1.54) is 5.56 Å². The summed E-state index contributed by atoms with van der Waals surface area (Å²) >= 11 is 0. The first-order valence-corrected chi connectivity index (χ1v) is 9.92. The number of fused-ring (bicyclic) bond motifs is 1. The third-order valence-corrected chi connectivity index (χ3v) is 5.03. The lowest BCUT2D eigenvalue weighted by Gasteiger charge is -2.17. The lowest BCUT2D eigenvalue weighted by atomic mass is 10.2. The van der Waals surface area contributed by atoms with E-state index in [0.717, 1.165) is 28.3 Å². The largest absolute Gasteiger partial charge is 0.486 e. The predicted octanol–water partition coefficient (Wildman–Crippen LogP) is 4.48. The Bertz CT molecular complexity index is 1160. The second-order valence-electron chi connectivity index (χ2n) is 7.47. The normalized spacial score (nSPS) is 11.0. The molecule has 0 saturated heterocycles. The quantitative estimate of drug-likeness (QED) is 0.456. The first-order chi connectivity index (χ1) is 14.5. The summed E-state index contributed by atoms with van der Waals surface area (Å²) < 4.78 is 13.5. The highest BCUT2D eigenvalue weighted by Crippen LogP contribution is 2.19. The number of imidazole rings is 1. The van der Waals surface area contributed by atoms with Gasteiger partial charge in [0, 0.05) is 7.05 Å². The smallest absolute Gasteiger partial charge is 0.242 e. The number of ether oxygens (including phenoxy) is 1. The van der Waals surface area contributed by atoms with Gasteiger partial charge in [-0.25, -0.2) is 4.98 Å². The molecular formula is C24H25N3O3. The Kier molecular flexibility index (Phi) is 5.57. The number of nitrogens with zero attached hydrogens (tertiary/aromatic N) is 3. The van der Waals surface area contributed by atoms with E-state index < -0.39 is 0 Å². The zero-order chi connectivity index (χ0) is 21.1. The van der Waals surface area contributed by atoms with Gasteiger partial charge in [-0.15, -0.1) is 0 Å². The Morgan fingerprint density at radius 1 is 1.07 bits per heavy atom. The van der Waals surface area contributed by atoms with Crippen molar-refractivity contribution in [3.8, 4) is 5.75 Å². The highest BCUT2D eigenvalue weighted by Gasteiger charge is 2.17. The molecular weight excluding hydrogens is 378 g/mol.